The van der Waals surface area contributed by atoms with E-state index in [0.29, 0.717) is 18.8 Å². The second-order valence-corrected chi connectivity index (χ2v) is 4.09. The Morgan fingerprint density at radius 3 is 2.58 bits per heavy atom. The molecule has 0 aliphatic carbocycles. The summed E-state index contributed by atoms with van der Waals surface area (Å²) in [7, 11) is 1.48. The summed E-state index contributed by atoms with van der Waals surface area (Å²) >= 11 is 0. The van der Waals surface area contributed by atoms with Crippen LogP contribution in [0.15, 0.2) is 29.4 Å². The fourth-order valence-corrected chi connectivity index (χ4v) is 1.43. The highest BCUT2D eigenvalue weighted by Gasteiger charge is 2.11. The fraction of sp³-hybridized carbons (Fsp3) is 0.385. The number of nitrogens with two attached hydrogens (primary N) is 1. The van der Waals surface area contributed by atoms with Crippen molar-refractivity contribution in [1.82, 2.24) is 0 Å². The highest BCUT2D eigenvalue weighted by atomic mass is 16.6. The topological polar surface area (TPSA) is 94.1 Å². The predicted molar refractivity (Wildman–Crippen MR) is 71.4 cm³/mol. The Balaban J connectivity index is 2.52. The molecular weight excluding hydrogens is 248 g/mol. The minimum Gasteiger partial charge on any atom is -0.488 e. The van der Waals surface area contributed by atoms with Gasteiger partial charge in [-0.3, -0.25) is 4.79 Å². The van der Waals surface area contributed by atoms with Crippen molar-refractivity contribution in [3.8, 4) is 5.75 Å². The average Bonchev–Trinajstić information content (AvgIpc) is 2.38. The lowest BCUT2D eigenvalue weighted by Crippen LogP contribution is -2.32. The molecule has 19 heavy (non-hydrogen) atoms. The number of hydrogen-bond donors (Lipinski definition) is 2. The van der Waals surface area contributed by atoms with Crippen molar-refractivity contribution in [2.45, 2.75) is 19.4 Å². The SMILES string of the molecule is CO/N=C(/C)COc1ccc(CC(N)C(=O)O)cc1. The molecule has 1 aromatic rings. The summed E-state index contributed by atoms with van der Waals surface area (Å²) in [6, 6.07) is 6.23. The van der Waals surface area contributed by atoms with E-state index >= 15 is 0 Å². The Morgan fingerprint density at radius 2 is 2.05 bits per heavy atom. The van der Waals surface area contributed by atoms with E-state index in [1.807, 2.05) is 0 Å². The van der Waals surface area contributed by atoms with Gasteiger partial charge in [-0.15, -0.1) is 0 Å². The van der Waals surface area contributed by atoms with Gasteiger partial charge in [0.05, 0.1) is 5.71 Å². The summed E-state index contributed by atoms with van der Waals surface area (Å²) in [5.41, 5.74) is 7.03. The molecule has 0 spiro atoms. The van der Waals surface area contributed by atoms with Gasteiger partial charge in [-0.25, -0.2) is 0 Å². The van der Waals surface area contributed by atoms with Crippen LogP contribution in [-0.4, -0.2) is 36.5 Å². The molecule has 0 heterocycles. The lowest BCUT2D eigenvalue weighted by molar-refractivity contribution is -0.138. The molecule has 6 nitrogen and oxygen atoms in total. The minimum absolute atomic E-state index is 0.291. The van der Waals surface area contributed by atoms with E-state index in [2.05, 4.69) is 9.99 Å². The van der Waals surface area contributed by atoms with Crippen LogP contribution in [0, 0.1) is 0 Å². The second-order valence-electron chi connectivity index (χ2n) is 4.09. The van der Waals surface area contributed by atoms with Gasteiger partial charge in [0.25, 0.3) is 0 Å². The normalized spacial score (nSPS) is 12.9. The summed E-state index contributed by atoms with van der Waals surface area (Å²) in [5.74, 6) is -0.329. The standard InChI is InChI=1S/C13H18N2O4/c1-9(15-18-2)8-19-11-5-3-10(4-6-11)7-12(14)13(16)17/h3-6,12H,7-8,14H2,1-2H3,(H,16,17)/b15-9-. The van der Waals surface area contributed by atoms with Gasteiger partial charge in [0.2, 0.25) is 0 Å². The Kier molecular flexibility index (Phi) is 5.81. The highest BCUT2D eigenvalue weighted by molar-refractivity contribution is 5.82. The quantitative estimate of drug-likeness (QED) is 0.568. The molecular formula is C13H18N2O4. The Labute approximate surface area is 111 Å². The van der Waals surface area contributed by atoms with Gasteiger partial charge < -0.3 is 20.4 Å². The number of ether oxygens (including phenoxy) is 1. The summed E-state index contributed by atoms with van der Waals surface area (Å²) < 4.78 is 5.47. The molecule has 104 valence electrons. The van der Waals surface area contributed by atoms with Gasteiger partial charge >= 0.3 is 5.97 Å². The molecule has 1 rings (SSSR count). The first kappa shape index (κ1) is 15.0. The molecule has 0 amide bonds. The molecule has 3 N–H and O–H groups in total. The molecule has 6 heteroatoms. The molecule has 0 aliphatic heterocycles. The van der Waals surface area contributed by atoms with Crippen molar-refractivity contribution in [3.05, 3.63) is 29.8 Å². The number of aliphatic carboxylic acids is 1. The lowest BCUT2D eigenvalue weighted by atomic mass is 10.1. The van der Waals surface area contributed by atoms with E-state index < -0.39 is 12.0 Å². The zero-order valence-corrected chi connectivity index (χ0v) is 11.0. The number of rotatable bonds is 7. The van der Waals surface area contributed by atoms with E-state index in [0.717, 1.165) is 11.3 Å². The number of nitrogens with zero attached hydrogens (tertiary/aromatic N) is 1. The van der Waals surface area contributed by atoms with Gasteiger partial charge in [0.1, 0.15) is 25.5 Å². The maximum absolute atomic E-state index is 10.6. The summed E-state index contributed by atoms with van der Waals surface area (Å²) in [6.07, 6.45) is 0.291. The molecule has 0 saturated heterocycles. The van der Waals surface area contributed by atoms with Gasteiger partial charge in [-0.05, 0) is 31.0 Å². The molecule has 0 saturated carbocycles. The van der Waals surface area contributed by atoms with E-state index in [1.165, 1.54) is 7.11 Å². The van der Waals surface area contributed by atoms with Crippen molar-refractivity contribution in [2.24, 2.45) is 10.9 Å². The van der Waals surface area contributed by atoms with Gasteiger partial charge in [0.15, 0.2) is 0 Å². The molecule has 1 unspecified atom stereocenters. The molecule has 0 aromatic heterocycles. The first-order chi connectivity index (χ1) is 9.02. The number of carbonyl (C=O) groups is 1. The van der Waals surface area contributed by atoms with Crippen LogP contribution in [0.5, 0.6) is 5.75 Å². The lowest BCUT2D eigenvalue weighted by Gasteiger charge is -2.08. The van der Waals surface area contributed by atoms with Gasteiger partial charge in [0, 0.05) is 0 Å². The monoisotopic (exact) mass is 266 g/mol. The number of carboxylic acid groups (broad SMARTS) is 1. The average molecular weight is 266 g/mol. The number of oxime groups is 1. The Morgan fingerprint density at radius 1 is 1.42 bits per heavy atom. The summed E-state index contributed by atoms with van der Waals surface area (Å²) in [5, 5.41) is 12.4. The van der Waals surface area contributed by atoms with Crippen molar-refractivity contribution in [2.75, 3.05) is 13.7 Å². The smallest absolute Gasteiger partial charge is 0.320 e. The summed E-state index contributed by atoms with van der Waals surface area (Å²) in [4.78, 5) is 15.3. The molecule has 0 aliphatic rings. The van der Waals surface area contributed by atoms with Crippen molar-refractivity contribution in [1.29, 1.82) is 0 Å². The Hall–Kier alpha value is -2.08. The zero-order valence-electron chi connectivity index (χ0n) is 11.0. The largest absolute Gasteiger partial charge is 0.488 e. The third-order valence-electron chi connectivity index (χ3n) is 2.39. The van der Waals surface area contributed by atoms with E-state index in [-0.39, 0.29) is 0 Å². The molecule has 0 fully saturated rings. The van der Waals surface area contributed by atoms with Crippen LogP contribution >= 0.6 is 0 Å². The van der Waals surface area contributed by atoms with Crippen LogP contribution < -0.4 is 10.5 Å². The first-order valence-corrected chi connectivity index (χ1v) is 5.79. The first-order valence-electron chi connectivity index (χ1n) is 5.79. The van der Waals surface area contributed by atoms with Crippen molar-refractivity contribution >= 4 is 11.7 Å². The highest BCUT2D eigenvalue weighted by Crippen LogP contribution is 2.13. The van der Waals surface area contributed by atoms with Crippen LogP contribution in [0.1, 0.15) is 12.5 Å². The van der Waals surface area contributed by atoms with Crippen LogP contribution in [0.2, 0.25) is 0 Å². The number of benzene rings is 1. The second kappa shape index (κ2) is 7.38. The van der Waals surface area contributed by atoms with E-state index in [1.54, 1.807) is 31.2 Å². The maximum atomic E-state index is 10.6. The van der Waals surface area contributed by atoms with Crippen LogP contribution in [0.3, 0.4) is 0 Å². The predicted octanol–water partition coefficient (Wildman–Crippen LogP) is 1.04. The third kappa shape index (κ3) is 5.39. The molecule has 1 atom stereocenters. The van der Waals surface area contributed by atoms with Crippen LogP contribution in [-0.2, 0) is 16.1 Å². The zero-order chi connectivity index (χ0) is 14.3. The maximum Gasteiger partial charge on any atom is 0.320 e. The van der Waals surface area contributed by atoms with E-state index in [9.17, 15) is 4.79 Å². The minimum atomic E-state index is -1.01. The summed E-state index contributed by atoms with van der Waals surface area (Å²) in [6.45, 7) is 2.13. The molecule has 1 aromatic carbocycles. The van der Waals surface area contributed by atoms with E-state index in [4.69, 9.17) is 15.6 Å². The van der Waals surface area contributed by atoms with Crippen LogP contribution in [0.25, 0.3) is 0 Å². The van der Waals surface area contributed by atoms with Crippen molar-refractivity contribution < 1.29 is 19.5 Å². The fourth-order valence-electron chi connectivity index (χ4n) is 1.43. The van der Waals surface area contributed by atoms with Gasteiger partial charge in [-0.1, -0.05) is 17.3 Å². The third-order valence-corrected chi connectivity index (χ3v) is 2.39. The Bertz CT molecular complexity index is 442. The molecule has 0 bridgehead atoms. The number of hydrogen-bond acceptors (Lipinski definition) is 5. The van der Waals surface area contributed by atoms with Crippen molar-refractivity contribution in [3.63, 3.8) is 0 Å². The molecule has 0 radical (unpaired) electrons. The number of carboxylic acids is 1. The van der Waals surface area contributed by atoms with Crippen LogP contribution in [0.4, 0.5) is 0 Å². The van der Waals surface area contributed by atoms with Gasteiger partial charge in [-0.2, -0.15) is 0 Å².